The first-order valence-electron chi connectivity index (χ1n) is 14.0. The minimum absolute atomic E-state index is 0.210. The number of ether oxygens (including phenoxy) is 1. The second-order valence-corrected chi connectivity index (χ2v) is 12.4. The van der Waals surface area contributed by atoms with Crippen LogP contribution in [0, 0.1) is 5.82 Å². The van der Waals surface area contributed by atoms with Crippen molar-refractivity contribution in [3.8, 4) is 39.8 Å². The summed E-state index contributed by atoms with van der Waals surface area (Å²) in [5.41, 5.74) is 3.20. The van der Waals surface area contributed by atoms with E-state index in [0.29, 0.717) is 38.4 Å². The van der Waals surface area contributed by atoms with Crippen LogP contribution in [-0.4, -0.2) is 51.8 Å². The highest BCUT2D eigenvalue weighted by molar-refractivity contribution is 7.92. The van der Waals surface area contributed by atoms with E-state index >= 15 is 0 Å². The Kier molecular flexibility index (Phi) is 7.75. The van der Waals surface area contributed by atoms with Gasteiger partial charge in [-0.05, 0) is 55.3 Å². The highest BCUT2D eigenvalue weighted by Gasteiger charge is 2.27. The molecular formula is C33H29FN4O6S. The van der Waals surface area contributed by atoms with Crippen molar-refractivity contribution in [2.24, 2.45) is 0 Å². The van der Waals surface area contributed by atoms with Gasteiger partial charge in [-0.2, -0.15) is 0 Å². The molecular weight excluding hydrogens is 599 g/mol. The fraction of sp³-hybridized carbons (Fsp3) is 0.182. The number of hydrogen-bond acceptors (Lipinski definition) is 8. The Hall–Kier alpha value is -5.23. The van der Waals surface area contributed by atoms with Crippen LogP contribution in [0.4, 0.5) is 10.1 Å². The smallest absolute Gasteiger partial charge is 0.255 e. The number of amides is 1. The normalized spacial score (nSPS) is 12.9. The van der Waals surface area contributed by atoms with Gasteiger partial charge in [-0.25, -0.2) is 22.8 Å². The van der Waals surface area contributed by atoms with Crippen molar-refractivity contribution in [2.75, 3.05) is 31.8 Å². The van der Waals surface area contributed by atoms with E-state index in [2.05, 4.69) is 10.3 Å². The lowest BCUT2D eigenvalue weighted by Crippen LogP contribution is -2.25. The number of nitrogens with zero attached hydrogens (tertiary/aromatic N) is 3. The fourth-order valence-corrected chi connectivity index (χ4v) is 5.67. The molecule has 3 aromatic heterocycles. The van der Waals surface area contributed by atoms with Crippen LogP contribution in [0.15, 0.2) is 69.6 Å². The van der Waals surface area contributed by atoms with Crippen LogP contribution in [0.3, 0.4) is 0 Å². The molecule has 12 heteroatoms. The molecule has 1 N–H and O–H groups in total. The van der Waals surface area contributed by atoms with Crippen LogP contribution >= 0.6 is 0 Å². The van der Waals surface area contributed by atoms with E-state index in [9.17, 15) is 17.6 Å². The van der Waals surface area contributed by atoms with E-state index < -0.39 is 21.7 Å². The van der Waals surface area contributed by atoms with Crippen molar-refractivity contribution < 1.29 is 31.2 Å². The molecule has 230 valence electrons. The first-order valence-corrected chi connectivity index (χ1v) is 15.8. The van der Waals surface area contributed by atoms with Crippen LogP contribution in [0.2, 0.25) is 0 Å². The molecule has 1 aliphatic carbocycles. The number of rotatable bonds is 7. The molecule has 0 saturated carbocycles. The Morgan fingerprint density at radius 1 is 1.07 bits per heavy atom. The lowest BCUT2D eigenvalue weighted by atomic mass is 9.98. The number of allylic oxidation sites excluding steroid dienone is 2. The summed E-state index contributed by atoms with van der Waals surface area (Å²) in [5.74, 6) is -0.127. The van der Waals surface area contributed by atoms with Crippen molar-refractivity contribution in [3.05, 3.63) is 83.0 Å². The summed E-state index contributed by atoms with van der Waals surface area (Å²) in [4.78, 5) is 22.4. The molecule has 1 amide bonds. The number of halogens is 1. The third kappa shape index (κ3) is 5.60. The van der Waals surface area contributed by atoms with Crippen LogP contribution in [0.1, 0.15) is 23.2 Å². The molecule has 0 aliphatic heterocycles. The van der Waals surface area contributed by atoms with Gasteiger partial charge in [-0.15, -0.1) is 0 Å². The van der Waals surface area contributed by atoms with Crippen LogP contribution in [-0.2, 0) is 10.0 Å². The number of pyridine rings is 1. The second-order valence-electron chi connectivity index (χ2n) is 10.4. The number of carbonyl (C=O) groups excluding carboxylic acids is 1. The van der Waals surface area contributed by atoms with E-state index in [1.54, 1.807) is 24.4 Å². The Bertz CT molecular complexity index is 2220. The quantitative estimate of drug-likeness (QED) is 0.276. The Morgan fingerprint density at radius 2 is 1.84 bits per heavy atom. The monoisotopic (exact) mass is 628 g/mol. The number of methoxy groups -OCH3 is 1. The third-order valence-electron chi connectivity index (χ3n) is 7.53. The molecule has 2 aromatic carbocycles. The molecule has 3 heterocycles. The van der Waals surface area contributed by atoms with E-state index in [1.165, 1.54) is 45.5 Å². The number of furan rings is 1. The first-order chi connectivity index (χ1) is 21.6. The van der Waals surface area contributed by atoms with Crippen molar-refractivity contribution in [2.45, 2.75) is 12.8 Å². The summed E-state index contributed by atoms with van der Waals surface area (Å²) in [6.07, 6.45) is 12.1. The molecule has 10 nitrogen and oxygen atoms in total. The fourth-order valence-electron chi connectivity index (χ4n) is 5.17. The lowest BCUT2D eigenvalue weighted by molar-refractivity contribution is 0.0964. The molecule has 0 spiro atoms. The minimum atomic E-state index is -3.74. The summed E-state index contributed by atoms with van der Waals surface area (Å²) in [6, 6.07) is 10.5. The maximum Gasteiger partial charge on any atom is 0.255 e. The Morgan fingerprint density at radius 3 is 2.56 bits per heavy atom. The minimum Gasteiger partial charge on any atom is -0.480 e. The van der Waals surface area contributed by atoms with Gasteiger partial charge in [0.1, 0.15) is 22.5 Å². The number of sulfonamides is 1. The highest BCUT2D eigenvalue weighted by atomic mass is 32.2. The molecule has 0 bridgehead atoms. The zero-order valence-corrected chi connectivity index (χ0v) is 25.7. The SMILES string of the molecule is CNC(=O)c1c(-c2ccc(F)cc2)oc2cc(N(C)S(C)(=O)=O)c(-c3cnc(OC)c(-c4nc5c(o4)=CC=CCCC=5)c3)cc12. The van der Waals surface area contributed by atoms with Gasteiger partial charge < -0.3 is 18.9 Å². The van der Waals surface area contributed by atoms with Crippen LogP contribution in [0.25, 0.3) is 57.0 Å². The number of aromatic nitrogens is 2. The standard InChI is InChI=1S/C33H29FN4O6S/c1-35-31(39)29-23-16-22(26(38(2)45(4,40)41)17-28(23)43-30(29)19-11-13-21(34)14-12-19)20-15-24(32(42-3)36-18-20)33-37-25-9-7-5-6-8-10-27(25)44-33/h6,8-18H,5,7H2,1-4H3,(H,35,39). The zero-order chi connectivity index (χ0) is 31.9. The molecule has 45 heavy (non-hydrogen) atoms. The number of carbonyl (C=O) groups is 1. The number of nitrogens with one attached hydrogen (secondary N) is 1. The second kappa shape index (κ2) is 11.7. The van der Waals surface area contributed by atoms with Gasteiger partial charge in [0, 0.05) is 48.4 Å². The number of benzene rings is 2. The van der Waals surface area contributed by atoms with Crippen LogP contribution in [0.5, 0.6) is 5.88 Å². The summed E-state index contributed by atoms with van der Waals surface area (Å²) in [5, 5.41) is 3.76. The maximum atomic E-state index is 13.7. The number of anilines is 1. The van der Waals surface area contributed by atoms with Gasteiger partial charge >= 0.3 is 0 Å². The Balaban J connectivity index is 1.63. The van der Waals surface area contributed by atoms with Gasteiger partial charge in [-0.1, -0.05) is 18.2 Å². The number of oxazole rings is 1. The van der Waals surface area contributed by atoms with Crippen molar-refractivity contribution in [3.63, 3.8) is 0 Å². The summed E-state index contributed by atoms with van der Waals surface area (Å²) < 4.78 is 58.3. The largest absolute Gasteiger partial charge is 0.480 e. The Labute approximate surface area is 258 Å². The van der Waals surface area contributed by atoms with Crippen LogP contribution < -0.4 is 25.1 Å². The summed E-state index contributed by atoms with van der Waals surface area (Å²) in [7, 11) is 0.662. The van der Waals surface area contributed by atoms with Gasteiger partial charge in [0.25, 0.3) is 5.91 Å². The average molecular weight is 629 g/mol. The average Bonchev–Trinajstić information content (AvgIpc) is 3.59. The zero-order valence-electron chi connectivity index (χ0n) is 24.9. The van der Waals surface area contributed by atoms with Gasteiger partial charge in [0.15, 0.2) is 5.42 Å². The molecule has 5 aromatic rings. The van der Waals surface area contributed by atoms with E-state index in [1.807, 2.05) is 24.3 Å². The molecule has 0 fully saturated rings. The van der Waals surface area contributed by atoms with E-state index in [4.69, 9.17) is 18.6 Å². The van der Waals surface area contributed by atoms with Gasteiger partial charge in [0.05, 0.1) is 30.2 Å². The summed E-state index contributed by atoms with van der Waals surface area (Å²) >= 11 is 0. The third-order valence-corrected chi connectivity index (χ3v) is 8.72. The van der Waals surface area contributed by atoms with E-state index in [0.717, 1.165) is 23.4 Å². The van der Waals surface area contributed by atoms with Gasteiger partial charge in [0.2, 0.25) is 21.8 Å². The molecule has 0 atom stereocenters. The molecule has 0 unspecified atom stereocenters. The topological polar surface area (TPSA) is 128 Å². The van der Waals surface area contributed by atoms with Crippen molar-refractivity contribution in [1.82, 2.24) is 15.3 Å². The molecule has 1 aliphatic rings. The number of hydrogen-bond donors (Lipinski definition) is 1. The molecule has 0 saturated heterocycles. The van der Waals surface area contributed by atoms with E-state index in [-0.39, 0.29) is 34.4 Å². The van der Waals surface area contributed by atoms with Gasteiger partial charge in [-0.3, -0.25) is 9.10 Å². The predicted molar refractivity (Wildman–Crippen MR) is 170 cm³/mol. The number of fused-ring (bicyclic) bond motifs is 2. The maximum absolute atomic E-state index is 13.7. The molecule has 6 rings (SSSR count). The van der Waals surface area contributed by atoms with Crippen molar-refractivity contribution in [1.29, 1.82) is 0 Å². The summed E-state index contributed by atoms with van der Waals surface area (Å²) in [6.45, 7) is 0. The predicted octanol–water partition coefficient (Wildman–Crippen LogP) is 4.63. The molecule has 0 radical (unpaired) electrons. The lowest BCUT2D eigenvalue weighted by Gasteiger charge is -2.21. The first kappa shape index (κ1) is 29.8. The highest BCUT2D eigenvalue weighted by Crippen LogP contribution is 2.42. The van der Waals surface area contributed by atoms with Crippen molar-refractivity contribution >= 4 is 44.7 Å².